The lowest BCUT2D eigenvalue weighted by molar-refractivity contribution is -0.384. The van der Waals surface area contributed by atoms with Crippen LogP contribution in [0.5, 0.6) is 5.75 Å². The summed E-state index contributed by atoms with van der Waals surface area (Å²) in [6.07, 6.45) is 0.303. The third-order valence-corrected chi connectivity index (χ3v) is 3.80. The lowest BCUT2D eigenvalue weighted by Gasteiger charge is -2.26. The van der Waals surface area contributed by atoms with Crippen LogP contribution < -0.4 is 10.1 Å². The van der Waals surface area contributed by atoms with Gasteiger partial charge < -0.3 is 14.8 Å². The average molecular weight is 344 g/mol. The molecule has 1 aliphatic rings. The number of ether oxygens (including phenoxy) is 2. The highest BCUT2D eigenvalue weighted by Gasteiger charge is 2.19. The molecular weight excluding hydrogens is 326 g/mol. The summed E-state index contributed by atoms with van der Waals surface area (Å²) in [5, 5.41) is 13.5. The Bertz CT molecular complexity index is 590. The Balaban J connectivity index is 1.99. The molecule has 0 atom stereocenters. The number of methoxy groups -OCH3 is 1. The maximum absolute atomic E-state index is 12.1. The Hall–Kier alpha value is -1.90. The molecule has 0 radical (unpaired) electrons. The van der Waals surface area contributed by atoms with E-state index in [0.717, 1.165) is 13.1 Å². The summed E-state index contributed by atoms with van der Waals surface area (Å²) in [4.78, 5) is 24.5. The molecular formula is C14H18ClN3O5. The van der Waals surface area contributed by atoms with Gasteiger partial charge in [0.25, 0.3) is 5.69 Å². The molecule has 0 saturated carbocycles. The van der Waals surface area contributed by atoms with Gasteiger partial charge in [-0.05, 0) is 6.07 Å². The van der Waals surface area contributed by atoms with Gasteiger partial charge in [-0.1, -0.05) is 11.6 Å². The monoisotopic (exact) mass is 343 g/mol. The van der Waals surface area contributed by atoms with Crippen LogP contribution in [-0.4, -0.2) is 55.7 Å². The number of nitrogens with one attached hydrogen (secondary N) is 1. The zero-order valence-electron chi connectivity index (χ0n) is 12.7. The van der Waals surface area contributed by atoms with Crippen molar-refractivity contribution in [1.82, 2.24) is 4.90 Å². The third kappa shape index (κ3) is 4.78. The van der Waals surface area contributed by atoms with Gasteiger partial charge in [-0.3, -0.25) is 19.8 Å². The minimum atomic E-state index is -0.602. The minimum absolute atomic E-state index is 0.0562. The fraction of sp³-hybridized carbons (Fsp3) is 0.500. The molecule has 2 rings (SSSR count). The minimum Gasteiger partial charge on any atom is -0.494 e. The van der Waals surface area contributed by atoms with E-state index in [1.54, 1.807) is 0 Å². The van der Waals surface area contributed by atoms with E-state index in [0.29, 0.717) is 31.9 Å². The molecule has 23 heavy (non-hydrogen) atoms. The van der Waals surface area contributed by atoms with E-state index in [9.17, 15) is 14.9 Å². The first-order valence-corrected chi connectivity index (χ1v) is 7.51. The summed E-state index contributed by atoms with van der Waals surface area (Å²) in [5.74, 6) is -0.0134. The number of hydrogen-bond acceptors (Lipinski definition) is 6. The highest BCUT2D eigenvalue weighted by molar-refractivity contribution is 6.33. The van der Waals surface area contributed by atoms with Crippen LogP contribution in [0, 0.1) is 10.1 Å². The number of amides is 1. The molecule has 1 aromatic rings. The summed E-state index contributed by atoms with van der Waals surface area (Å²) in [6, 6.07) is 2.52. The molecule has 0 spiro atoms. The largest absolute Gasteiger partial charge is 0.494 e. The number of anilines is 1. The van der Waals surface area contributed by atoms with Crippen molar-refractivity contribution in [3.63, 3.8) is 0 Å². The second kappa shape index (κ2) is 8.09. The van der Waals surface area contributed by atoms with E-state index in [4.69, 9.17) is 21.1 Å². The van der Waals surface area contributed by atoms with E-state index in [2.05, 4.69) is 10.2 Å². The average Bonchev–Trinajstić information content (AvgIpc) is 2.54. The molecule has 1 heterocycles. The second-order valence-electron chi connectivity index (χ2n) is 5.01. The van der Waals surface area contributed by atoms with Gasteiger partial charge in [-0.2, -0.15) is 0 Å². The molecule has 8 nitrogen and oxygen atoms in total. The zero-order chi connectivity index (χ0) is 16.8. The smallest absolute Gasteiger partial charge is 0.291 e. The number of morpholine rings is 1. The fourth-order valence-electron chi connectivity index (χ4n) is 2.25. The molecule has 0 aromatic heterocycles. The molecule has 0 unspecified atom stereocenters. The maximum Gasteiger partial charge on any atom is 0.291 e. The Labute approximate surface area is 138 Å². The van der Waals surface area contributed by atoms with Crippen LogP contribution in [0.25, 0.3) is 0 Å². The number of nitro benzene ring substituents is 1. The summed E-state index contributed by atoms with van der Waals surface area (Å²) >= 11 is 5.86. The van der Waals surface area contributed by atoms with E-state index < -0.39 is 4.92 Å². The summed E-state index contributed by atoms with van der Waals surface area (Å²) in [7, 11) is 1.37. The number of hydrogen-bond donors (Lipinski definition) is 1. The van der Waals surface area contributed by atoms with Crippen LogP contribution in [0.3, 0.4) is 0 Å². The number of rotatable bonds is 6. The molecule has 126 valence electrons. The van der Waals surface area contributed by atoms with Crippen molar-refractivity contribution in [2.75, 3.05) is 45.3 Å². The van der Waals surface area contributed by atoms with Gasteiger partial charge in [-0.25, -0.2) is 0 Å². The quantitative estimate of drug-likeness (QED) is 0.626. The van der Waals surface area contributed by atoms with Gasteiger partial charge in [0.1, 0.15) is 10.8 Å². The first kappa shape index (κ1) is 17.5. The van der Waals surface area contributed by atoms with Crippen LogP contribution in [0.15, 0.2) is 12.1 Å². The Kier molecular flexibility index (Phi) is 6.14. The second-order valence-corrected chi connectivity index (χ2v) is 5.42. The molecule has 1 amide bonds. The number of nitrogens with zero attached hydrogens (tertiary/aromatic N) is 2. The Morgan fingerprint density at radius 1 is 1.48 bits per heavy atom. The Morgan fingerprint density at radius 2 is 2.17 bits per heavy atom. The number of nitro groups is 1. The molecule has 1 aliphatic heterocycles. The van der Waals surface area contributed by atoms with Gasteiger partial charge in [0.05, 0.1) is 37.0 Å². The van der Waals surface area contributed by atoms with Crippen LogP contribution in [0.4, 0.5) is 11.4 Å². The van der Waals surface area contributed by atoms with Crippen molar-refractivity contribution in [1.29, 1.82) is 0 Å². The SMILES string of the molecule is COc1cc([N+](=O)[O-])c(Cl)cc1NC(=O)CCN1CCOCC1. The third-order valence-electron chi connectivity index (χ3n) is 3.50. The van der Waals surface area contributed by atoms with Crippen LogP contribution in [0.2, 0.25) is 5.02 Å². The lowest BCUT2D eigenvalue weighted by atomic mass is 10.2. The van der Waals surface area contributed by atoms with Gasteiger partial charge in [-0.15, -0.1) is 0 Å². The first-order chi connectivity index (χ1) is 11.0. The predicted molar refractivity (Wildman–Crippen MR) is 85.2 cm³/mol. The van der Waals surface area contributed by atoms with Crippen molar-refractivity contribution >= 4 is 28.9 Å². The standard InChI is InChI=1S/C14H18ClN3O5/c1-22-13-9-12(18(20)21)10(15)8-11(13)16-14(19)2-3-17-4-6-23-7-5-17/h8-9H,2-7H2,1H3,(H,16,19). The van der Waals surface area contributed by atoms with E-state index in [1.165, 1.54) is 19.2 Å². The molecule has 1 fully saturated rings. The summed E-state index contributed by atoms with van der Waals surface area (Å²) < 4.78 is 10.3. The van der Waals surface area contributed by atoms with Crippen molar-refractivity contribution < 1.29 is 19.2 Å². The summed E-state index contributed by atoms with van der Waals surface area (Å²) in [5.41, 5.74) is 0.0462. The molecule has 1 saturated heterocycles. The number of benzene rings is 1. The highest BCUT2D eigenvalue weighted by atomic mass is 35.5. The van der Waals surface area contributed by atoms with Gasteiger partial charge in [0.2, 0.25) is 5.91 Å². The van der Waals surface area contributed by atoms with E-state index in [1.807, 2.05) is 0 Å². The van der Waals surface area contributed by atoms with Crippen molar-refractivity contribution in [3.8, 4) is 5.75 Å². The summed E-state index contributed by atoms with van der Waals surface area (Å²) in [6.45, 7) is 3.58. The number of carbonyl (C=O) groups is 1. The molecule has 0 aliphatic carbocycles. The van der Waals surface area contributed by atoms with Gasteiger partial charge in [0.15, 0.2) is 0 Å². The molecule has 1 aromatic carbocycles. The number of carbonyl (C=O) groups excluding carboxylic acids is 1. The van der Waals surface area contributed by atoms with Gasteiger partial charge >= 0.3 is 0 Å². The number of halogens is 1. The van der Waals surface area contributed by atoms with E-state index >= 15 is 0 Å². The van der Waals surface area contributed by atoms with Crippen molar-refractivity contribution in [2.45, 2.75) is 6.42 Å². The molecule has 9 heteroatoms. The van der Waals surface area contributed by atoms with Crippen LogP contribution in [-0.2, 0) is 9.53 Å². The first-order valence-electron chi connectivity index (χ1n) is 7.13. The topological polar surface area (TPSA) is 93.9 Å². The van der Waals surface area contributed by atoms with Crippen molar-refractivity contribution in [2.24, 2.45) is 0 Å². The normalized spacial score (nSPS) is 15.2. The van der Waals surface area contributed by atoms with Crippen molar-refractivity contribution in [3.05, 3.63) is 27.3 Å². The van der Waals surface area contributed by atoms with Crippen LogP contribution >= 0.6 is 11.6 Å². The Morgan fingerprint density at radius 3 is 2.78 bits per heavy atom. The molecule has 0 bridgehead atoms. The predicted octanol–water partition coefficient (Wildman–Crippen LogP) is 1.92. The van der Waals surface area contributed by atoms with E-state index in [-0.39, 0.29) is 22.4 Å². The molecule has 1 N–H and O–H groups in total. The van der Waals surface area contributed by atoms with Gasteiger partial charge in [0, 0.05) is 26.1 Å². The lowest BCUT2D eigenvalue weighted by Crippen LogP contribution is -2.38. The highest BCUT2D eigenvalue weighted by Crippen LogP contribution is 2.35. The maximum atomic E-state index is 12.1. The fourth-order valence-corrected chi connectivity index (χ4v) is 2.48. The zero-order valence-corrected chi connectivity index (χ0v) is 13.5. The van der Waals surface area contributed by atoms with Crippen LogP contribution in [0.1, 0.15) is 6.42 Å².